The smallest absolute Gasteiger partial charge is 0.269 e. The average molecular weight is 374 g/mol. The lowest BCUT2D eigenvalue weighted by molar-refractivity contribution is -0.384. The maximum absolute atomic E-state index is 12.1. The molecule has 26 heavy (non-hydrogen) atoms. The number of nitro benzene ring substituents is 1. The summed E-state index contributed by atoms with van der Waals surface area (Å²) in [6, 6.07) is 11.9. The molecule has 1 unspecified atom stereocenters. The molecule has 2 aromatic carbocycles. The Hall–Kier alpha value is -2.73. The Balaban J connectivity index is 1.88. The van der Waals surface area contributed by atoms with Gasteiger partial charge in [-0.15, -0.1) is 0 Å². The summed E-state index contributed by atoms with van der Waals surface area (Å²) in [5.41, 5.74) is 1.33. The van der Waals surface area contributed by atoms with Crippen molar-refractivity contribution in [1.29, 1.82) is 0 Å². The molecular weight excluding hydrogens is 356 g/mol. The van der Waals surface area contributed by atoms with Gasteiger partial charge in [-0.05, 0) is 36.8 Å². The second-order valence-corrected chi connectivity index (χ2v) is 7.30. The largest absolute Gasteiger partial charge is 0.376 e. The highest BCUT2D eigenvalue weighted by atomic mass is 32.2. The molecule has 136 valence electrons. The summed E-state index contributed by atoms with van der Waals surface area (Å²) in [4.78, 5) is 10.2. The van der Waals surface area contributed by atoms with E-state index in [1.54, 1.807) is 12.1 Å². The van der Waals surface area contributed by atoms with Crippen LogP contribution in [0.3, 0.4) is 0 Å². The van der Waals surface area contributed by atoms with Crippen molar-refractivity contribution in [1.82, 2.24) is 4.72 Å². The summed E-state index contributed by atoms with van der Waals surface area (Å²) < 4.78 is 26.6. The summed E-state index contributed by atoms with van der Waals surface area (Å²) in [5, 5.41) is 20.5. The fourth-order valence-corrected chi connectivity index (χ4v) is 3.11. The van der Waals surface area contributed by atoms with Crippen molar-refractivity contribution >= 4 is 15.7 Å². The van der Waals surface area contributed by atoms with Crippen molar-refractivity contribution in [3.05, 3.63) is 69.8 Å². The monoisotopic (exact) mass is 374 g/mol. The molecule has 0 saturated carbocycles. The van der Waals surface area contributed by atoms with E-state index in [1.165, 1.54) is 36.4 Å². The van der Waals surface area contributed by atoms with Gasteiger partial charge in [-0.25, -0.2) is 13.1 Å². The third-order valence-electron chi connectivity index (χ3n) is 3.53. The number of aliphatic hydroxyl groups is 1. The van der Waals surface area contributed by atoms with E-state index in [9.17, 15) is 23.6 Å². The molecule has 0 aliphatic rings. The average Bonchev–Trinajstić information content (AvgIpc) is 2.61. The zero-order valence-electron chi connectivity index (χ0n) is 14.0. The molecule has 0 radical (unpaired) electrons. The molecule has 8 heteroatoms. The molecule has 1 atom stereocenters. The highest BCUT2D eigenvalue weighted by Crippen LogP contribution is 2.17. The zero-order chi connectivity index (χ0) is 19.2. The molecule has 0 amide bonds. The standard InChI is InChI=1S/C18H18N2O5S/c1-14-5-11-17(12-6-14)26(24,25)19-13-3-2-4-18(21)15-7-9-16(10-8-15)20(22)23/h5-12,18-19,21H,3,13H2,1H3. The zero-order valence-corrected chi connectivity index (χ0v) is 14.9. The quantitative estimate of drug-likeness (QED) is 0.349. The first kappa shape index (κ1) is 19.6. The van der Waals surface area contributed by atoms with Gasteiger partial charge in [0.05, 0.1) is 9.82 Å². The van der Waals surface area contributed by atoms with Gasteiger partial charge in [-0.1, -0.05) is 29.5 Å². The third kappa shape index (κ3) is 5.39. The SMILES string of the molecule is Cc1ccc(S(=O)(=O)NCCC#CC(O)c2ccc([N+](=O)[O-])cc2)cc1. The number of aliphatic hydroxyl groups excluding tert-OH is 1. The number of benzene rings is 2. The number of hydrogen-bond donors (Lipinski definition) is 2. The van der Waals surface area contributed by atoms with Crippen LogP contribution in [0.15, 0.2) is 53.4 Å². The Morgan fingerprint density at radius 1 is 1.15 bits per heavy atom. The van der Waals surface area contributed by atoms with Gasteiger partial charge in [-0.3, -0.25) is 10.1 Å². The van der Waals surface area contributed by atoms with Crippen LogP contribution < -0.4 is 4.72 Å². The predicted molar refractivity (Wildman–Crippen MR) is 96.8 cm³/mol. The molecule has 2 N–H and O–H groups in total. The lowest BCUT2D eigenvalue weighted by Crippen LogP contribution is -2.24. The number of nitro groups is 1. The van der Waals surface area contributed by atoms with Gasteiger partial charge in [0.1, 0.15) is 6.10 Å². The van der Waals surface area contributed by atoms with Crippen LogP contribution in [0.5, 0.6) is 0 Å². The van der Waals surface area contributed by atoms with Gasteiger partial charge in [-0.2, -0.15) is 0 Å². The summed E-state index contributed by atoms with van der Waals surface area (Å²) in [6.45, 7) is 1.98. The fourth-order valence-electron chi connectivity index (χ4n) is 2.08. The Labute approximate surface area is 151 Å². The van der Waals surface area contributed by atoms with E-state index in [0.29, 0.717) is 5.56 Å². The number of non-ortho nitro benzene ring substituents is 1. The maximum atomic E-state index is 12.1. The molecule has 0 aliphatic heterocycles. The first-order valence-electron chi connectivity index (χ1n) is 7.77. The van der Waals surface area contributed by atoms with E-state index in [4.69, 9.17) is 0 Å². The number of nitrogens with zero attached hydrogens (tertiary/aromatic N) is 1. The van der Waals surface area contributed by atoms with Gasteiger partial charge >= 0.3 is 0 Å². The van der Waals surface area contributed by atoms with E-state index in [2.05, 4.69) is 16.6 Å². The van der Waals surface area contributed by atoms with Crippen LogP contribution in [0.2, 0.25) is 0 Å². The van der Waals surface area contributed by atoms with Gasteiger partial charge in [0.15, 0.2) is 0 Å². The first-order chi connectivity index (χ1) is 12.3. The number of sulfonamides is 1. The summed E-state index contributed by atoms with van der Waals surface area (Å²) in [7, 11) is -3.59. The van der Waals surface area contributed by atoms with Crippen LogP contribution in [0.25, 0.3) is 0 Å². The topological polar surface area (TPSA) is 110 Å². The summed E-state index contributed by atoms with van der Waals surface area (Å²) in [6.07, 6.45) is -0.876. The molecule has 2 aromatic rings. The van der Waals surface area contributed by atoms with Crippen LogP contribution in [0.1, 0.15) is 23.7 Å². The van der Waals surface area contributed by atoms with E-state index in [1.807, 2.05) is 6.92 Å². The number of aryl methyl sites for hydroxylation is 1. The molecule has 0 fully saturated rings. The molecule has 0 aliphatic carbocycles. The van der Waals surface area contributed by atoms with E-state index >= 15 is 0 Å². The fraction of sp³-hybridized carbons (Fsp3) is 0.222. The van der Waals surface area contributed by atoms with Gasteiger partial charge in [0.25, 0.3) is 5.69 Å². The number of nitrogens with one attached hydrogen (secondary N) is 1. The first-order valence-corrected chi connectivity index (χ1v) is 9.25. The van der Waals surface area contributed by atoms with Crippen molar-refractivity contribution in [2.24, 2.45) is 0 Å². The molecule has 7 nitrogen and oxygen atoms in total. The van der Waals surface area contributed by atoms with Crippen LogP contribution in [0, 0.1) is 28.9 Å². The lowest BCUT2D eigenvalue weighted by Gasteiger charge is -2.05. The van der Waals surface area contributed by atoms with E-state index < -0.39 is 21.1 Å². The van der Waals surface area contributed by atoms with Crippen LogP contribution in [-0.2, 0) is 10.0 Å². The van der Waals surface area contributed by atoms with E-state index in [0.717, 1.165) is 5.56 Å². The Morgan fingerprint density at radius 3 is 2.35 bits per heavy atom. The van der Waals surface area contributed by atoms with Crippen molar-refractivity contribution in [3.63, 3.8) is 0 Å². The molecular formula is C18H18N2O5S. The number of hydrogen-bond acceptors (Lipinski definition) is 5. The second-order valence-electron chi connectivity index (χ2n) is 5.53. The normalized spacial score (nSPS) is 12.1. The van der Waals surface area contributed by atoms with Crippen LogP contribution in [0.4, 0.5) is 5.69 Å². The van der Waals surface area contributed by atoms with Crippen LogP contribution in [-0.4, -0.2) is 25.0 Å². The Bertz CT molecular complexity index is 926. The van der Waals surface area contributed by atoms with Gasteiger partial charge in [0.2, 0.25) is 10.0 Å². The maximum Gasteiger partial charge on any atom is 0.269 e. The molecule has 0 bridgehead atoms. The predicted octanol–water partition coefficient (Wildman–Crippen LogP) is 2.31. The molecule has 0 saturated heterocycles. The van der Waals surface area contributed by atoms with Crippen LogP contribution >= 0.6 is 0 Å². The van der Waals surface area contributed by atoms with Gasteiger partial charge < -0.3 is 5.11 Å². The Morgan fingerprint density at radius 2 is 1.77 bits per heavy atom. The highest BCUT2D eigenvalue weighted by Gasteiger charge is 2.12. The van der Waals surface area contributed by atoms with Crippen molar-refractivity contribution in [2.75, 3.05) is 6.54 Å². The third-order valence-corrected chi connectivity index (χ3v) is 5.01. The molecule has 0 aromatic heterocycles. The second kappa shape index (κ2) is 8.58. The summed E-state index contributed by atoms with van der Waals surface area (Å²) in [5.74, 6) is 5.28. The molecule has 2 rings (SSSR count). The van der Waals surface area contributed by atoms with Crippen molar-refractivity contribution in [3.8, 4) is 11.8 Å². The number of rotatable bonds is 6. The summed E-state index contributed by atoms with van der Waals surface area (Å²) >= 11 is 0. The minimum atomic E-state index is -3.59. The van der Waals surface area contributed by atoms with Gasteiger partial charge in [0, 0.05) is 25.1 Å². The highest BCUT2D eigenvalue weighted by molar-refractivity contribution is 7.89. The van der Waals surface area contributed by atoms with Crippen molar-refractivity contribution < 1.29 is 18.4 Å². The van der Waals surface area contributed by atoms with E-state index in [-0.39, 0.29) is 23.5 Å². The molecule has 0 heterocycles. The Kier molecular flexibility index (Phi) is 6.46. The van der Waals surface area contributed by atoms with Crippen molar-refractivity contribution in [2.45, 2.75) is 24.3 Å². The lowest BCUT2D eigenvalue weighted by atomic mass is 10.1. The minimum absolute atomic E-state index is 0.0700. The minimum Gasteiger partial charge on any atom is -0.376 e. The molecule has 0 spiro atoms.